The van der Waals surface area contributed by atoms with Gasteiger partial charge in [-0.15, -0.1) is 0 Å². The van der Waals surface area contributed by atoms with Gasteiger partial charge in [0.2, 0.25) is 0 Å². The van der Waals surface area contributed by atoms with Crippen LogP contribution in [0.25, 0.3) is 83.6 Å². The van der Waals surface area contributed by atoms with E-state index in [1.54, 1.807) is 0 Å². The minimum absolute atomic E-state index is 0.651. The number of hydrogen-bond donors (Lipinski definition) is 0. The number of fused-ring (bicyclic) bond motifs is 5. The molecule has 0 bridgehead atoms. The van der Waals surface area contributed by atoms with Crippen molar-refractivity contribution in [3.05, 3.63) is 170 Å². The van der Waals surface area contributed by atoms with E-state index in [9.17, 15) is 0 Å². The van der Waals surface area contributed by atoms with Crippen LogP contribution >= 0.6 is 0 Å². The van der Waals surface area contributed by atoms with Crippen LogP contribution in [0.1, 0.15) is 0 Å². The highest BCUT2D eigenvalue weighted by atomic mass is 15.0. The van der Waals surface area contributed by atoms with Crippen molar-refractivity contribution in [1.29, 1.82) is 0 Å². The van der Waals surface area contributed by atoms with Gasteiger partial charge in [-0.05, 0) is 46.2 Å². The molecule has 0 amide bonds. The maximum atomic E-state index is 4.89. The highest BCUT2D eigenvalue weighted by molar-refractivity contribution is 6.21. The molecule has 0 saturated heterocycles. The fraction of sp³-hybridized carbons (Fsp3) is 0. The third-order valence-corrected chi connectivity index (χ3v) is 8.86. The summed E-state index contributed by atoms with van der Waals surface area (Å²) in [6.07, 6.45) is 0. The summed E-state index contributed by atoms with van der Waals surface area (Å²) >= 11 is 0. The Bertz CT molecular complexity index is 2480. The second-order valence-electron chi connectivity index (χ2n) is 11.7. The number of nitrogens with zero attached hydrogens (tertiary/aromatic N) is 4. The third-order valence-electron chi connectivity index (χ3n) is 8.86. The summed E-state index contributed by atoms with van der Waals surface area (Å²) < 4.78 is 2.37. The summed E-state index contributed by atoms with van der Waals surface area (Å²) in [5, 5.41) is 5.10. The number of benzene rings is 7. The van der Waals surface area contributed by atoms with Gasteiger partial charge in [0, 0.05) is 33.2 Å². The zero-order valence-electron chi connectivity index (χ0n) is 25.5. The van der Waals surface area contributed by atoms with E-state index in [0.29, 0.717) is 17.5 Å². The lowest BCUT2D eigenvalue weighted by atomic mass is 10.0. The first-order chi connectivity index (χ1) is 23.3. The smallest absolute Gasteiger partial charge is 0.164 e. The quantitative estimate of drug-likeness (QED) is 0.197. The number of hydrogen-bond acceptors (Lipinski definition) is 3. The molecule has 2 aromatic heterocycles. The summed E-state index contributed by atoms with van der Waals surface area (Å²) in [5.74, 6) is 1.97. The lowest BCUT2D eigenvalue weighted by molar-refractivity contribution is 1.07. The van der Waals surface area contributed by atoms with Gasteiger partial charge in [0.15, 0.2) is 17.5 Å². The average molecular weight is 601 g/mol. The standard InChI is InChI=1S/C43H28N4/c1-3-12-32(13-4-1)41-44-42(33-14-5-2-6-15-33)46-43(45-41)34-21-19-29(20-22-34)30-23-26-35(27-24-30)47-38-18-10-9-17-37(38)40-36-16-8-7-11-31(36)25-28-39(40)47/h1-28H. The van der Waals surface area contributed by atoms with Crippen molar-refractivity contribution in [2.24, 2.45) is 0 Å². The lowest BCUT2D eigenvalue weighted by Crippen LogP contribution is -2.00. The second kappa shape index (κ2) is 11.2. The van der Waals surface area contributed by atoms with E-state index < -0.39 is 0 Å². The molecular formula is C43H28N4. The summed E-state index contributed by atoms with van der Waals surface area (Å²) in [6, 6.07) is 59.3. The molecule has 0 radical (unpaired) electrons. The summed E-state index contributed by atoms with van der Waals surface area (Å²) in [6.45, 7) is 0. The number of aromatic nitrogens is 4. The van der Waals surface area contributed by atoms with Gasteiger partial charge in [0.05, 0.1) is 11.0 Å². The van der Waals surface area contributed by atoms with E-state index in [4.69, 9.17) is 15.0 Å². The Morgan fingerprint density at radius 1 is 0.319 bits per heavy atom. The molecule has 0 saturated carbocycles. The van der Waals surface area contributed by atoms with Crippen LogP contribution in [0.15, 0.2) is 170 Å². The van der Waals surface area contributed by atoms with Gasteiger partial charge < -0.3 is 4.57 Å². The number of rotatable bonds is 5. The van der Waals surface area contributed by atoms with Crippen LogP contribution in [0.4, 0.5) is 0 Å². The molecule has 0 atom stereocenters. The van der Waals surface area contributed by atoms with Crippen molar-refractivity contribution in [3.63, 3.8) is 0 Å². The second-order valence-corrected chi connectivity index (χ2v) is 11.7. The van der Waals surface area contributed by atoms with Crippen LogP contribution in [-0.4, -0.2) is 19.5 Å². The monoisotopic (exact) mass is 600 g/mol. The Morgan fingerprint density at radius 3 is 1.40 bits per heavy atom. The van der Waals surface area contributed by atoms with Gasteiger partial charge in [-0.2, -0.15) is 0 Å². The minimum atomic E-state index is 0.651. The van der Waals surface area contributed by atoms with E-state index in [-0.39, 0.29) is 0 Å². The zero-order valence-corrected chi connectivity index (χ0v) is 25.5. The average Bonchev–Trinajstić information content (AvgIpc) is 3.50. The van der Waals surface area contributed by atoms with Crippen molar-refractivity contribution >= 4 is 32.6 Å². The van der Waals surface area contributed by atoms with Crippen molar-refractivity contribution in [2.75, 3.05) is 0 Å². The van der Waals surface area contributed by atoms with Crippen LogP contribution in [0.5, 0.6) is 0 Å². The molecule has 47 heavy (non-hydrogen) atoms. The molecule has 220 valence electrons. The van der Waals surface area contributed by atoms with E-state index in [1.807, 2.05) is 60.7 Å². The van der Waals surface area contributed by atoms with Gasteiger partial charge in [0.1, 0.15) is 0 Å². The van der Waals surface area contributed by atoms with Crippen LogP contribution in [0.3, 0.4) is 0 Å². The van der Waals surface area contributed by atoms with Crippen LogP contribution < -0.4 is 0 Å². The Morgan fingerprint density at radius 2 is 0.787 bits per heavy atom. The SMILES string of the molecule is c1ccc(-c2nc(-c3ccccc3)nc(-c3ccc(-c4ccc(-n5c6ccccc6c6c7ccccc7ccc65)cc4)cc3)n2)cc1. The first-order valence-corrected chi connectivity index (χ1v) is 15.8. The third kappa shape index (κ3) is 4.75. The van der Waals surface area contributed by atoms with Crippen molar-refractivity contribution in [1.82, 2.24) is 19.5 Å². The van der Waals surface area contributed by atoms with Crippen LogP contribution in [0.2, 0.25) is 0 Å². The Labute approximate surface area is 272 Å². The molecule has 9 rings (SSSR count). The van der Waals surface area contributed by atoms with E-state index in [2.05, 4.69) is 114 Å². The van der Waals surface area contributed by atoms with Gasteiger partial charge in [-0.1, -0.05) is 146 Å². The Kier molecular flexibility index (Phi) is 6.43. The zero-order chi connectivity index (χ0) is 31.2. The van der Waals surface area contributed by atoms with E-state index in [0.717, 1.165) is 33.5 Å². The summed E-state index contributed by atoms with van der Waals surface area (Å²) in [5.41, 5.74) is 8.70. The first-order valence-electron chi connectivity index (χ1n) is 15.8. The minimum Gasteiger partial charge on any atom is -0.309 e. The van der Waals surface area contributed by atoms with Crippen molar-refractivity contribution < 1.29 is 0 Å². The van der Waals surface area contributed by atoms with E-state index >= 15 is 0 Å². The fourth-order valence-corrected chi connectivity index (χ4v) is 6.57. The maximum Gasteiger partial charge on any atom is 0.164 e. The van der Waals surface area contributed by atoms with Crippen molar-refractivity contribution in [3.8, 4) is 51.0 Å². The fourth-order valence-electron chi connectivity index (χ4n) is 6.57. The molecule has 0 fully saturated rings. The Hall–Kier alpha value is -6.39. The lowest BCUT2D eigenvalue weighted by Gasteiger charge is -2.11. The molecule has 4 nitrogen and oxygen atoms in total. The molecule has 0 aliphatic heterocycles. The topological polar surface area (TPSA) is 43.6 Å². The van der Waals surface area contributed by atoms with Crippen LogP contribution in [-0.2, 0) is 0 Å². The van der Waals surface area contributed by atoms with Crippen molar-refractivity contribution in [2.45, 2.75) is 0 Å². The molecule has 0 aliphatic rings. The van der Waals surface area contributed by atoms with E-state index in [1.165, 1.54) is 32.6 Å². The normalized spacial score (nSPS) is 11.4. The van der Waals surface area contributed by atoms with Crippen LogP contribution in [0, 0.1) is 0 Å². The maximum absolute atomic E-state index is 4.89. The van der Waals surface area contributed by atoms with Gasteiger partial charge in [-0.3, -0.25) is 0 Å². The van der Waals surface area contributed by atoms with Gasteiger partial charge >= 0.3 is 0 Å². The Balaban J connectivity index is 1.08. The predicted molar refractivity (Wildman–Crippen MR) is 193 cm³/mol. The molecule has 2 heterocycles. The largest absolute Gasteiger partial charge is 0.309 e. The molecule has 0 N–H and O–H groups in total. The first kappa shape index (κ1) is 27.0. The summed E-state index contributed by atoms with van der Waals surface area (Å²) in [7, 11) is 0. The van der Waals surface area contributed by atoms with Gasteiger partial charge in [-0.25, -0.2) is 15.0 Å². The number of para-hydroxylation sites is 1. The summed E-state index contributed by atoms with van der Waals surface area (Å²) in [4.78, 5) is 14.6. The molecule has 9 aromatic rings. The highest BCUT2D eigenvalue weighted by Crippen LogP contribution is 2.37. The predicted octanol–water partition coefficient (Wildman–Crippen LogP) is 10.8. The molecule has 0 spiro atoms. The molecule has 0 aliphatic carbocycles. The van der Waals surface area contributed by atoms with Gasteiger partial charge in [0.25, 0.3) is 0 Å². The molecule has 7 aromatic carbocycles. The highest BCUT2D eigenvalue weighted by Gasteiger charge is 2.15. The molecule has 0 unspecified atom stereocenters. The molecular weight excluding hydrogens is 573 g/mol. The molecule has 4 heteroatoms.